The van der Waals surface area contributed by atoms with Gasteiger partial charge in [-0.1, -0.05) is 6.85 Å². The molecule has 1 atom stereocenters. The molecule has 0 aromatic rings. The van der Waals surface area contributed by atoms with Crippen molar-refractivity contribution < 1.29 is 29.8 Å². The third-order valence-electron chi connectivity index (χ3n) is 3.87. The lowest BCUT2D eigenvalue weighted by atomic mass is 9.73. The van der Waals surface area contributed by atoms with Gasteiger partial charge in [0.15, 0.2) is 0 Å². The minimum Gasteiger partial charge on any atom is -0.443 e. The first kappa shape index (κ1) is 10.1. The number of rotatable bonds is 1. The van der Waals surface area contributed by atoms with Gasteiger partial charge in [-0.15, -0.1) is 0 Å². The molecule has 0 radical (unpaired) electrons. The Labute approximate surface area is 151 Å². The summed E-state index contributed by atoms with van der Waals surface area (Å²) in [6.45, 7) is 4.67. The van der Waals surface area contributed by atoms with Gasteiger partial charge < -0.3 is 14.0 Å². The summed E-state index contributed by atoms with van der Waals surface area (Å²) >= 11 is 0. The van der Waals surface area contributed by atoms with E-state index in [1.807, 2.05) is 0 Å². The molecule has 1 saturated heterocycles. The average Bonchev–Trinajstić information content (AvgIpc) is 2.69. The van der Waals surface area contributed by atoms with E-state index < -0.39 is 61.1 Å². The van der Waals surface area contributed by atoms with Gasteiger partial charge in [0, 0.05) is 20.9 Å². The second-order valence-corrected chi connectivity index (χ2v) is 7.63. The normalized spacial score (nSPS) is 40.2. The Morgan fingerprint density at radius 2 is 2.00 bits per heavy atom. The van der Waals surface area contributed by atoms with Crippen molar-refractivity contribution >= 4 is 13.2 Å². The van der Waals surface area contributed by atoms with Gasteiger partial charge in [-0.05, 0) is 66.2 Å². The minimum absolute atomic E-state index is 0.319. The monoisotopic (exact) mass is 331 g/mol. The SMILES string of the molecule is [2H]C([2H])([2H])C1([2H])C([2H])([2H])C(B2OC(C)(C)C(C)(C)O2)=CN(C(=O)OC(C)(C)C)C1([2H])[2H]. The molecule has 0 bridgehead atoms. The number of hydrogen-bond donors (Lipinski definition) is 0. The van der Waals surface area contributed by atoms with Gasteiger partial charge in [0.05, 0.1) is 13.9 Å². The third-order valence-corrected chi connectivity index (χ3v) is 3.87. The molecule has 6 heteroatoms. The average molecular weight is 331 g/mol. The van der Waals surface area contributed by atoms with Gasteiger partial charge in [-0.2, -0.15) is 0 Å². The number of carbonyl (C=O) groups excluding carboxylic acids is 1. The fraction of sp³-hybridized carbons (Fsp3) is 0.824. The Bertz CT molecular complexity index is 774. The van der Waals surface area contributed by atoms with Crippen LogP contribution in [0.3, 0.4) is 0 Å². The first-order chi connectivity index (χ1) is 13.4. The second-order valence-electron chi connectivity index (χ2n) is 7.63. The highest BCUT2D eigenvalue weighted by molar-refractivity contribution is 6.54. The van der Waals surface area contributed by atoms with Crippen LogP contribution < -0.4 is 0 Å². The van der Waals surface area contributed by atoms with Crippen molar-refractivity contribution in [1.82, 2.24) is 4.90 Å². The molecule has 2 aliphatic heterocycles. The predicted octanol–water partition coefficient (Wildman–Crippen LogP) is 3.78. The molecule has 0 saturated carbocycles. The molecule has 0 aromatic carbocycles. The number of amides is 1. The molecular formula is C17H30BNO4. The van der Waals surface area contributed by atoms with Crippen molar-refractivity contribution in [2.75, 3.05) is 6.50 Å². The lowest BCUT2D eigenvalue weighted by molar-refractivity contribution is 0.00578. The topological polar surface area (TPSA) is 48.0 Å². The molecule has 1 unspecified atom stereocenters. The van der Waals surface area contributed by atoms with Crippen LogP contribution >= 0.6 is 0 Å². The van der Waals surface area contributed by atoms with Crippen LogP contribution in [0.1, 0.15) is 72.7 Å². The highest BCUT2D eigenvalue weighted by Crippen LogP contribution is 2.40. The third kappa shape index (κ3) is 4.10. The highest BCUT2D eigenvalue weighted by atomic mass is 16.7. The van der Waals surface area contributed by atoms with Crippen LogP contribution in [0.2, 0.25) is 0 Å². The molecule has 1 fully saturated rings. The van der Waals surface area contributed by atoms with Gasteiger partial charge in [-0.25, -0.2) is 4.79 Å². The summed E-state index contributed by atoms with van der Waals surface area (Å²) in [6.07, 6.45) is -3.54. The van der Waals surface area contributed by atoms with Gasteiger partial charge in [0.25, 0.3) is 0 Å². The van der Waals surface area contributed by atoms with Crippen LogP contribution in [0.4, 0.5) is 4.79 Å². The Morgan fingerprint density at radius 1 is 1.43 bits per heavy atom. The van der Waals surface area contributed by atoms with Crippen LogP contribution in [0.5, 0.6) is 0 Å². The molecular weight excluding hydrogens is 293 g/mol. The smallest absolute Gasteiger partial charge is 0.443 e. The summed E-state index contributed by atoms with van der Waals surface area (Å²) in [5.41, 5.74) is -3.38. The Hall–Kier alpha value is -1.01. The van der Waals surface area contributed by atoms with Gasteiger partial charge >= 0.3 is 13.2 Å². The maximum atomic E-state index is 12.8. The zero-order chi connectivity index (χ0) is 24.6. The predicted molar refractivity (Wildman–Crippen MR) is 90.9 cm³/mol. The van der Waals surface area contributed by atoms with E-state index in [4.69, 9.17) is 25.0 Å². The Morgan fingerprint density at radius 3 is 2.48 bits per heavy atom. The number of ether oxygens (including phenoxy) is 1. The summed E-state index contributed by atoms with van der Waals surface area (Å²) in [6, 6.07) is 0. The number of allylic oxidation sites excluding steroid dienone is 1. The summed E-state index contributed by atoms with van der Waals surface area (Å²) in [5, 5.41) is 0. The van der Waals surface area contributed by atoms with Crippen molar-refractivity contribution in [3.05, 3.63) is 11.7 Å². The number of hydrogen-bond acceptors (Lipinski definition) is 4. The van der Waals surface area contributed by atoms with E-state index in [0.717, 1.165) is 6.20 Å². The van der Waals surface area contributed by atoms with E-state index in [-0.39, 0.29) is 0 Å². The number of nitrogens with zero attached hydrogens (tertiary/aromatic N) is 1. The van der Waals surface area contributed by atoms with Crippen molar-refractivity contribution in [2.45, 2.75) is 78.5 Å². The van der Waals surface area contributed by atoms with E-state index in [2.05, 4.69) is 0 Å². The van der Waals surface area contributed by atoms with Gasteiger partial charge in [-0.3, -0.25) is 4.90 Å². The molecule has 23 heavy (non-hydrogen) atoms. The zero-order valence-corrected chi connectivity index (χ0v) is 14.7. The van der Waals surface area contributed by atoms with Crippen LogP contribution in [-0.4, -0.2) is 41.4 Å². The summed E-state index contributed by atoms with van der Waals surface area (Å²) in [5.74, 6) is -3.42. The fourth-order valence-electron chi connectivity index (χ4n) is 2.00. The molecule has 2 rings (SSSR count). The largest absolute Gasteiger partial charge is 0.492 e. The Balaban J connectivity index is 2.75. The van der Waals surface area contributed by atoms with E-state index >= 15 is 0 Å². The first-order valence-electron chi connectivity index (χ1n) is 11.5. The van der Waals surface area contributed by atoms with E-state index in [1.54, 1.807) is 48.5 Å². The molecule has 0 aromatic heterocycles. The highest BCUT2D eigenvalue weighted by Gasteiger charge is 2.53. The molecule has 2 heterocycles. The van der Waals surface area contributed by atoms with Crippen LogP contribution in [0.25, 0.3) is 0 Å². The van der Waals surface area contributed by atoms with Crippen molar-refractivity contribution in [3.8, 4) is 0 Å². The van der Waals surface area contributed by atoms with E-state index in [1.165, 1.54) is 0 Å². The Kier molecular flexibility index (Phi) is 2.55. The minimum atomic E-state index is -3.47. The lowest BCUT2D eigenvalue weighted by Gasteiger charge is -2.32. The van der Waals surface area contributed by atoms with Crippen molar-refractivity contribution in [3.63, 3.8) is 0 Å². The zero-order valence-electron chi connectivity index (χ0n) is 22.7. The molecule has 0 N–H and O–H groups in total. The molecule has 1 amide bonds. The first-order valence-corrected chi connectivity index (χ1v) is 7.52. The van der Waals surface area contributed by atoms with E-state index in [9.17, 15) is 4.79 Å². The molecule has 0 spiro atoms. The van der Waals surface area contributed by atoms with Crippen molar-refractivity contribution in [1.29, 1.82) is 0 Å². The quantitative estimate of drug-likeness (QED) is 0.686. The van der Waals surface area contributed by atoms with Gasteiger partial charge in [0.2, 0.25) is 0 Å². The lowest BCUT2D eigenvalue weighted by Crippen LogP contribution is -2.41. The summed E-state index contributed by atoms with van der Waals surface area (Å²) in [4.78, 5) is 13.1. The van der Waals surface area contributed by atoms with Crippen LogP contribution in [0, 0.1) is 5.89 Å². The molecule has 0 aliphatic carbocycles. The molecule has 130 valence electrons. The molecule has 5 nitrogen and oxygen atoms in total. The molecule has 2 aliphatic rings. The second kappa shape index (κ2) is 5.81. The maximum absolute atomic E-state index is 12.8. The standard InChI is InChI=1S/C17H30BNO4/c1-12-9-13(18-22-16(5,6)17(7,8)23-18)11-19(10-12)14(20)21-15(2,3)4/h11-12H,9-10H2,1-8H3/i1D3,9D2,10D2,12D. The summed E-state index contributed by atoms with van der Waals surface area (Å²) < 4.78 is 82.9. The van der Waals surface area contributed by atoms with Crippen molar-refractivity contribution in [2.24, 2.45) is 5.89 Å². The number of carbonyl (C=O) groups is 1. The van der Waals surface area contributed by atoms with E-state index in [0.29, 0.717) is 4.90 Å². The fourth-order valence-corrected chi connectivity index (χ4v) is 2.00. The van der Waals surface area contributed by atoms with Gasteiger partial charge in [0.1, 0.15) is 5.60 Å². The van der Waals surface area contributed by atoms with Crippen LogP contribution in [-0.2, 0) is 14.0 Å². The summed E-state index contributed by atoms with van der Waals surface area (Å²) in [7, 11) is -1.45. The van der Waals surface area contributed by atoms with Crippen LogP contribution in [0.15, 0.2) is 11.7 Å². The maximum Gasteiger partial charge on any atom is 0.492 e.